The van der Waals surface area contributed by atoms with Gasteiger partial charge in [-0.3, -0.25) is 6.08 Å². The van der Waals surface area contributed by atoms with Crippen molar-refractivity contribution in [3.05, 3.63) is 30.5 Å². The minimum absolute atomic E-state index is 0. The first-order valence-electron chi connectivity index (χ1n) is 1.72. The van der Waals surface area contributed by atoms with Gasteiger partial charge in [-0.25, -0.2) is 12.2 Å². The molecule has 0 aromatic heterocycles. The second-order valence-electron chi connectivity index (χ2n) is 1.00. The quantitative estimate of drug-likeness (QED) is 0.371. The molecule has 0 saturated carbocycles. The molecule has 0 saturated heterocycles. The van der Waals surface area contributed by atoms with E-state index in [4.69, 9.17) is 0 Å². The van der Waals surface area contributed by atoms with Gasteiger partial charge in [-0.15, -0.1) is 6.42 Å². The molecule has 2 N–H and O–H groups in total. The maximum absolute atomic E-state index is 2.99. The second-order valence-corrected chi connectivity index (χ2v) is 1.00. The van der Waals surface area contributed by atoms with Crippen LogP contribution in [0.4, 0.5) is 0 Å². The average Bonchev–Trinajstić information content (AvgIpc) is 1.76. The molecular formula is C5H10NSiTi. The molecule has 8 heavy (non-hydrogen) atoms. The molecule has 0 amide bonds. The molecule has 1 aliphatic rings. The van der Waals surface area contributed by atoms with Crippen LogP contribution in [0.15, 0.2) is 18.2 Å². The Balaban J connectivity index is -0.0000000833. The summed E-state index contributed by atoms with van der Waals surface area (Å²) in [4.78, 5) is 0. The molecule has 0 unspecified atom stereocenters. The molecule has 0 spiro atoms. The molecule has 0 aromatic carbocycles. The Morgan fingerprint density at radius 2 is 2.00 bits per heavy atom. The van der Waals surface area contributed by atoms with E-state index in [1.165, 1.54) is 0 Å². The maximum atomic E-state index is 2.99. The summed E-state index contributed by atoms with van der Waals surface area (Å²) >= 11 is 0. The predicted molar refractivity (Wildman–Crippen MR) is 36.8 cm³/mol. The third-order valence-corrected chi connectivity index (χ3v) is 0.586. The number of hydrogen-bond acceptors (Lipinski definition) is 0. The van der Waals surface area contributed by atoms with E-state index in [1.54, 1.807) is 0 Å². The zero-order valence-electron chi connectivity index (χ0n) is 5.02. The van der Waals surface area contributed by atoms with Crippen molar-refractivity contribution < 1.29 is 21.7 Å². The van der Waals surface area contributed by atoms with Gasteiger partial charge in [0.1, 0.15) is 0 Å². The van der Waals surface area contributed by atoms with Gasteiger partial charge < -0.3 is 6.15 Å². The Morgan fingerprint density at radius 3 is 2.12 bits per heavy atom. The van der Waals surface area contributed by atoms with Gasteiger partial charge in [0.25, 0.3) is 0 Å². The SMILES string of the molecule is [C-]1=CC=CC1.[NH2-].[SiH3].[Ti+2]. The van der Waals surface area contributed by atoms with Crippen LogP contribution in [0.1, 0.15) is 6.42 Å². The molecule has 1 aliphatic carbocycles. The van der Waals surface area contributed by atoms with E-state index in [2.05, 4.69) is 12.2 Å². The fourth-order valence-corrected chi connectivity index (χ4v) is 0.340. The van der Waals surface area contributed by atoms with Gasteiger partial charge in [-0.05, 0) is 11.0 Å². The molecule has 0 aliphatic heterocycles. The second kappa shape index (κ2) is 10.4. The minimum atomic E-state index is 0. The summed E-state index contributed by atoms with van der Waals surface area (Å²) in [5.74, 6) is 0. The first-order chi connectivity index (χ1) is 2.50. The number of rotatable bonds is 0. The van der Waals surface area contributed by atoms with Crippen LogP contribution >= 0.6 is 0 Å². The van der Waals surface area contributed by atoms with Crippen LogP contribution in [0, 0.1) is 6.08 Å². The first kappa shape index (κ1) is 15.8. The number of allylic oxidation sites excluding steroid dienone is 4. The van der Waals surface area contributed by atoms with E-state index in [0.717, 1.165) is 6.42 Å². The van der Waals surface area contributed by atoms with Crippen molar-refractivity contribution in [2.75, 3.05) is 0 Å². The monoisotopic (exact) mass is 160 g/mol. The van der Waals surface area contributed by atoms with Gasteiger partial charge in [0, 0.05) is 0 Å². The summed E-state index contributed by atoms with van der Waals surface area (Å²) in [6, 6.07) is 0. The van der Waals surface area contributed by atoms with Crippen LogP contribution in [0.25, 0.3) is 6.15 Å². The van der Waals surface area contributed by atoms with Crippen molar-refractivity contribution in [3.63, 3.8) is 0 Å². The largest absolute Gasteiger partial charge is 2.00 e. The average molecular weight is 160 g/mol. The molecule has 43 valence electrons. The zero-order chi connectivity index (χ0) is 3.54. The molecular weight excluding hydrogens is 150 g/mol. The van der Waals surface area contributed by atoms with Gasteiger partial charge in [-0.1, -0.05) is 0 Å². The van der Waals surface area contributed by atoms with Crippen molar-refractivity contribution in [2.24, 2.45) is 0 Å². The molecule has 0 aromatic rings. The summed E-state index contributed by atoms with van der Waals surface area (Å²) in [5.41, 5.74) is 0. The van der Waals surface area contributed by atoms with Gasteiger partial charge in [0.15, 0.2) is 0 Å². The van der Waals surface area contributed by atoms with E-state index >= 15 is 0 Å². The number of hydrogen-bond donors (Lipinski definition) is 0. The van der Waals surface area contributed by atoms with Gasteiger partial charge in [-0.2, -0.15) is 6.08 Å². The van der Waals surface area contributed by atoms with E-state index in [-0.39, 0.29) is 38.8 Å². The molecule has 0 bridgehead atoms. The Morgan fingerprint density at radius 1 is 1.38 bits per heavy atom. The standard InChI is InChI=1S/C5H5.H2N.H3Si.Ti/c1-2-4-5-3-1;;;/h1-3H,4H2;1H2;1H3;/q2*-1;;+2. The van der Waals surface area contributed by atoms with Crippen LogP contribution < -0.4 is 0 Å². The van der Waals surface area contributed by atoms with Gasteiger partial charge >= 0.3 is 21.7 Å². The summed E-state index contributed by atoms with van der Waals surface area (Å²) < 4.78 is 0. The molecule has 1 rings (SSSR count). The van der Waals surface area contributed by atoms with Crippen molar-refractivity contribution >= 4 is 11.0 Å². The van der Waals surface area contributed by atoms with Crippen molar-refractivity contribution in [2.45, 2.75) is 6.42 Å². The molecule has 1 nitrogen and oxygen atoms in total. The van der Waals surface area contributed by atoms with Crippen LogP contribution in [-0.2, 0) is 21.7 Å². The van der Waals surface area contributed by atoms with E-state index in [0.29, 0.717) is 0 Å². The Labute approximate surface area is 69.7 Å². The Hall–Kier alpha value is 0.371. The first-order valence-corrected chi connectivity index (χ1v) is 1.72. The van der Waals surface area contributed by atoms with Crippen molar-refractivity contribution in [1.29, 1.82) is 0 Å². The van der Waals surface area contributed by atoms with Crippen molar-refractivity contribution in [3.8, 4) is 0 Å². The minimum Gasteiger partial charge on any atom is -0.693 e. The predicted octanol–water partition coefficient (Wildman–Crippen LogP) is 0.836. The van der Waals surface area contributed by atoms with Crippen LogP contribution in [0.3, 0.4) is 0 Å². The van der Waals surface area contributed by atoms with E-state index in [9.17, 15) is 0 Å². The summed E-state index contributed by atoms with van der Waals surface area (Å²) in [6.07, 6.45) is 10.0. The maximum Gasteiger partial charge on any atom is 2.00 e. The fourth-order valence-electron chi connectivity index (χ4n) is 0.340. The molecule has 0 atom stereocenters. The normalized spacial score (nSPS) is 11.0. The third kappa shape index (κ3) is 6.37. The Bertz CT molecular complexity index is 70.5. The van der Waals surface area contributed by atoms with Gasteiger partial charge in [0.05, 0.1) is 0 Å². The molecule has 1 radical (unpaired) electrons. The fraction of sp³-hybridized carbons (Fsp3) is 0.200. The third-order valence-electron chi connectivity index (χ3n) is 0.586. The Kier molecular flexibility index (Phi) is 20.4. The van der Waals surface area contributed by atoms with E-state index in [1.807, 2.05) is 12.2 Å². The number of nitrogens with two attached hydrogens (primary N) is 1. The topological polar surface area (TPSA) is 33.5 Å². The van der Waals surface area contributed by atoms with Crippen LogP contribution in [0.5, 0.6) is 0 Å². The van der Waals surface area contributed by atoms with Crippen molar-refractivity contribution in [1.82, 2.24) is 0 Å². The summed E-state index contributed by atoms with van der Waals surface area (Å²) in [5, 5.41) is 0. The zero-order valence-corrected chi connectivity index (χ0v) is 8.58. The van der Waals surface area contributed by atoms with Crippen LogP contribution in [-0.4, -0.2) is 11.0 Å². The van der Waals surface area contributed by atoms with Crippen LogP contribution in [0.2, 0.25) is 0 Å². The summed E-state index contributed by atoms with van der Waals surface area (Å²) in [7, 11) is 0. The molecule has 0 heterocycles. The summed E-state index contributed by atoms with van der Waals surface area (Å²) in [6.45, 7) is 0. The molecule has 0 fully saturated rings. The smallest absolute Gasteiger partial charge is 0.693 e. The molecule has 3 heteroatoms. The van der Waals surface area contributed by atoms with E-state index < -0.39 is 0 Å². The van der Waals surface area contributed by atoms with Gasteiger partial charge in [0.2, 0.25) is 0 Å².